The summed E-state index contributed by atoms with van der Waals surface area (Å²) in [6, 6.07) is 5.80. The van der Waals surface area contributed by atoms with Crippen LogP contribution in [0.25, 0.3) is 0 Å². The third-order valence-corrected chi connectivity index (χ3v) is 2.26. The maximum absolute atomic E-state index is 5.88. The molecule has 0 heterocycles. The van der Waals surface area contributed by atoms with Gasteiger partial charge in [-0.2, -0.15) is 0 Å². The quantitative estimate of drug-likeness (QED) is 0.434. The van der Waals surface area contributed by atoms with E-state index in [1.165, 1.54) is 0 Å². The summed E-state index contributed by atoms with van der Waals surface area (Å²) < 4.78 is 0. The maximum atomic E-state index is 5.88. The van der Waals surface area contributed by atoms with Crippen molar-refractivity contribution in [3.63, 3.8) is 0 Å². The van der Waals surface area contributed by atoms with Crippen molar-refractivity contribution < 1.29 is 0 Å². The van der Waals surface area contributed by atoms with E-state index in [0.717, 1.165) is 16.3 Å². The maximum Gasteiger partial charge on any atom is 0.0895 e. The van der Waals surface area contributed by atoms with Gasteiger partial charge in [-0.1, -0.05) is 17.7 Å². The third-order valence-electron chi connectivity index (χ3n) is 2.03. The van der Waals surface area contributed by atoms with Crippen LogP contribution in [0.3, 0.4) is 0 Å². The molecule has 1 aromatic rings. The summed E-state index contributed by atoms with van der Waals surface area (Å²) in [5.74, 6) is 0. The van der Waals surface area contributed by atoms with Crippen molar-refractivity contribution in [2.24, 2.45) is 4.99 Å². The molecule has 0 spiro atoms. The lowest BCUT2D eigenvalue weighted by molar-refractivity contribution is 1.19. The Balaban J connectivity index is 2.81. The fourth-order valence-corrected chi connectivity index (χ4v) is 1.55. The zero-order valence-corrected chi connectivity index (χ0v) is 9.83. The minimum atomic E-state index is 0.636. The van der Waals surface area contributed by atoms with Crippen LogP contribution in [-0.4, -0.2) is 19.9 Å². The fourth-order valence-electron chi connectivity index (χ4n) is 1.32. The normalized spacial score (nSPS) is 10.6. The lowest BCUT2D eigenvalue weighted by Crippen LogP contribution is -2.15. The molecule has 0 aliphatic carbocycles. The average Bonchev–Trinajstić information content (AvgIpc) is 2.17. The number of nitrogens with zero attached hydrogens (tertiary/aromatic N) is 2. The van der Waals surface area contributed by atoms with E-state index in [0.29, 0.717) is 6.54 Å². The van der Waals surface area contributed by atoms with E-state index >= 15 is 0 Å². The Labute approximate surface area is 95.9 Å². The molecule has 0 aromatic heterocycles. The van der Waals surface area contributed by atoms with E-state index in [-0.39, 0.29) is 0 Å². The highest BCUT2D eigenvalue weighted by atomic mass is 35.5. The fraction of sp³-hybridized carbons (Fsp3) is 0.250. The zero-order valence-electron chi connectivity index (χ0n) is 9.07. The minimum Gasteiger partial charge on any atom is -0.336 e. The van der Waals surface area contributed by atoms with E-state index in [4.69, 9.17) is 11.6 Å². The van der Waals surface area contributed by atoms with Crippen LogP contribution in [0.2, 0.25) is 5.02 Å². The summed E-state index contributed by atoms with van der Waals surface area (Å²) in [5, 5.41) is 0.757. The molecule has 15 heavy (non-hydrogen) atoms. The molecule has 0 saturated carbocycles. The first-order chi connectivity index (χ1) is 7.15. The molecule has 1 aromatic carbocycles. The van der Waals surface area contributed by atoms with E-state index in [9.17, 15) is 0 Å². The van der Waals surface area contributed by atoms with Crippen LogP contribution in [0, 0.1) is 6.92 Å². The molecule has 0 aliphatic rings. The third kappa shape index (κ3) is 3.40. The molecule has 3 heteroatoms. The van der Waals surface area contributed by atoms with Crippen LogP contribution in [0.1, 0.15) is 5.56 Å². The van der Waals surface area contributed by atoms with E-state index in [2.05, 4.69) is 11.6 Å². The van der Waals surface area contributed by atoms with E-state index in [1.54, 1.807) is 12.4 Å². The Bertz CT molecular complexity index is 372. The predicted molar refractivity (Wildman–Crippen MR) is 68.1 cm³/mol. The molecule has 0 N–H and O–H groups in total. The van der Waals surface area contributed by atoms with Crippen molar-refractivity contribution >= 4 is 23.6 Å². The summed E-state index contributed by atoms with van der Waals surface area (Å²) in [4.78, 5) is 6.15. The molecule has 0 fully saturated rings. The van der Waals surface area contributed by atoms with Gasteiger partial charge in [-0.05, 0) is 30.7 Å². The van der Waals surface area contributed by atoms with Gasteiger partial charge in [0.15, 0.2) is 0 Å². The van der Waals surface area contributed by atoms with Crippen molar-refractivity contribution in [3.8, 4) is 0 Å². The van der Waals surface area contributed by atoms with Gasteiger partial charge >= 0.3 is 0 Å². The largest absolute Gasteiger partial charge is 0.336 e. The Hall–Kier alpha value is -1.28. The number of benzene rings is 1. The van der Waals surface area contributed by atoms with Gasteiger partial charge < -0.3 is 4.90 Å². The molecule has 0 unspecified atom stereocenters. The van der Waals surface area contributed by atoms with Crippen LogP contribution in [0.5, 0.6) is 0 Å². The molecular formula is C12H15ClN2. The summed E-state index contributed by atoms with van der Waals surface area (Å²) in [5.41, 5.74) is 2.24. The van der Waals surface area contributed by atoms with Crippen molar-refractivity contribution in [1.82, 2.24) is 0 Å². The smallest absolute Gasteiger partial charge is 0.0895 e. The zero-order chi connectivity index (χ0) is 11.3. The van der Waals surface area contributed by atoms with E-state index < -0.39 is 0 Å². The lowest BCUT2D eigenvalue weighted by atomic mass is 10.2. The van der Waals surface area contributed by atoms with Crippen LogP contribution < -0.4 is 4.90 Å². The van der Waals surface area contributed by atoms with Crippen molar-refractivity contribution in [2.75, 3.05) is 18.5 Å². The molecule has 0 radical (unpaired) electrons. The second-order valence-corrected chi connectivity index (χ2v) is 3.75. The van der Waals surface area contributed by atoms with Crippen LogP contribution in [0.15, 0.2) is 35.8 Å². The van der Waals surface area contributed by atoms with E-state index in [1.807, 2.05) is 37.1 Å². The second-order valence-electron chi connectivity index (χ2n) is 3.31. The Morgan fingerprint density at radius 1 is 1.53 bits per heavy atom. The van der Waals surface area contributed by atoms with Gasteiger partial charge in [-0.15, -0.1) is 6.58 Å². The van der Waals surface area contributed by atoms with Crippen molar-refractivity contribution in [2.45, 2.75) is 6.92 Å². The molecule has 0 amide bonds. The van der Waals surface area contributed by atoms with Crippen molar-refractivity contribution in [1.29, 1.82) is 0 Å². The second kappa shape index (κ2) is 5.56. The number of hydrogen-bond donors (Lipinski definition) is 0. The van der Waals surface area contributed by atoms with Gasteiger partial charge in [0.25, 0.3) is 0 Å². The minimum absolute atomic E-state index is 0.636. The first kappa shape index (κ1) is 11.8. The SMILES string of the molecule is C=CCN=CN(C)c1ccc(Cl)cc1C. The van der Waals surface area contributed by atoms with Gasteiger partial charge in [-0.25, -0.2) is 0 Å². The molecule has 80 valence electrons. The molecule has 0 saturated heterocycles. The average molecular weight is 223 g/mol. The van der Waals surface area contributed by atoms with Gasteiger partial charge in [0.2, 0.25) is 0 Å². The van der Waals surface area contributed by atoms with Gasteiger partial charge in [-0.3, -0.25) is 4.99 Å². The number of hydrogen-bond acceptors (Lipinski definition) is 1. The number of anilines is 1. The highest BCUT2D eigenvalue weighted by Gasteiger charge is 2.01. The Kier molecular flexibility index (Phi) is 4.37. The summed E-state index contributed by atoms with van der Waals surface area (Å²) >= 11 is 5.88. The first-order valence-corrected chi connectivity index (χ1v) is 5.12. The van der Waals surface area contributed by atoms with Crippen LogP contribution in [-0.2, 0) is 0 Å². The highest BCUT2D eigenvalue weighted by molar-refractivity contribution is 6.30. The number of aryl methyl sites for hydroxylation is 1. The summed E-state index contributed by atoms with van der Waals surface area (Å²) in [6.45, 7) is 6.27. The topological polar surface area (TPSA) is 15.6 Å². The molecule has 0 atom stereocenters. The highest BCUT2D eigenvalue weighted by Crippen LogP contribution is 2.21. The number of halogens is 1. The van der Waals surface area contributed by atoms with Gasteiger partial charge in [0.05, 0.1) is 12.9 Å². The number of rotatable bonds is 4. The first-order valence-electron chi connectivity index (χ1n) is 4.75. The molecule has 2 nitrogen and oxygen atoms in total. The summed E-state index contributed by atoms with van der Waals surface area (Å²) in [6.07, 6.45) is 3.55. The standard InChI is InChI=1S/C12H15ClN2/c1-4-7-14-9-15(3)12-6-5-11(13)8-10(12)2/h4-6,8-9H,1,7H2,2-3H3. The molecule has 0 aliphatic heterocycles. The molecule has 1 rings (SSSR count). The van der Waals surface area contributed by atoms with Gasteiger partial charge in [0.1, 0.15) is 0 Å². The Morgan fingerprint density at radius 3 is 2.87 bits per heavy atom. The predicted octanol–water partition coefficient (Wildman–Crippen LogP) is 3.30. The molecular weight excluding hydrogens is 208 g/mol. The molecule has 0 bridgehead atoms. The van der Waals surface area contributed by atoms with Crippen molar-refractivity contribution in [3.05, 3.63) is 41.4 Å². The van der Waals surface area contributed by atoms with Crippen LogP contribution >= 0.6 is 11.6 Å². The lowest BCUT2D eigenvalue weighted by Gasteiger charge is -2.15. The monoisotopic (exact) mass is 222 g/mol. The number of aliphatic imine (C=N–C) groups is 1. The van der Waals surface area contributed by atoms with Gasteiger partial charge in [0, 0.05) is 17.8 Å². The Morgan fingerprint density at radius 2 is 2.27 bits per heavy atom. The van der Waals surface area contributed by atoms with Crippen LogP contribution in [0.4, 0.5) is 5.69 Å². The summed E-state index contributed by atoms with van der Waals surface area (Å²) in [7, 11) is 1.96.